The van der Waals surface area contributed by atoms with Gasteiger partial charge in [-0.2, -0.15) is 0 Å². The zero-order chi connectivity index (χ0) is 19.8. The van der Waals surface area contributed by atoms with Crippen LogP contribution in [0.2, 0.25) is 0 Å². The van der Waals surface area contributed by atoms with Gasteiger partial charge in [0.05, 0.1) is 19.3 Å². The van der Waals surface area contributed by atoms with Crippen molar-refractivity contribution in [3.05, 3.63) is 0 Å². The molecule has 7 N–H and O–H groups in total. The van der Waals surface area contributed by atoms with Crippen LogP contribution in [0.4, 0.5) is 0 Å². The van der Waals surface area contributed by atoms with E-state index in [1.165, 1.54) is 0 Å². The Bertz CT molecular complexity index is 475. The second-order valence-electron chi connectivity index (χ2n) is 7.92. The Morgan fingerprint density at radius 3 is 1.45 bits per heavy atom. The van der Waals surface area contributed by atoms with Gasteiger partial charge in [-0.25, -0.2) is 0 Å². The van der Waals surface area contributed by atoms with E-state index >= 15 is 0 Å². The average molecular weight is 1970 g/mol. The maximum atomic E-state index is 10.5. The van der Waals surface area contributed by atoms with E-state index in [-0.39, 0.29) is 308 Å². The Hall–Kier alpha value is 9.69. The van der Waals surface area contributed by atoms with Crippen LogP contribution in [0.15, 0.2) is 0 Å². The molecule has 0 aromatic carbocycles. The molecular formula is C16H30Ac7O10. The van der Waals surface area contributed by atoms with Crippen LogP contribution in [-0.2, 0) is 14.2 Å². The summed E-state index contributed by atoms with van der Waals surface area (Å²) < 4.78 is 16.4. The van der Waals surface area contributed by atoms with Crippen molar-refractivity contribution >= 4 is 0 Å². The molecule has 2 heterocycles. The second kappa shape index (κ2) is 26.9. The fourth-order valence-corrected chi connectivity index (χ4v) is 3.31. The van der Waals surface area contributed by atoms with E-state index in [4.69, 9.17) is 14.2 Å². The van der Waals surface area contributed by atoms with Crippen molar-refractivity contribution in [1.29, 1.82) is 0 Å². The molecular weight excluding hydrogens is 1940 g/mol. The quantitative estimate of drug-likeness (QED) is 0.152. The summed E-state index contributed by atoms with van der Waals surface area (Å²) in [7, 11) is 0. The largest absolute Gasteiger partial charge is 0.394 e. The summed E-state index contributed by atoms with van der Waals surface area (Å²) in [5.74, 6) is 0. The molecule has 17 heteroatoms. The Labute approximate surface area is 445 Å². The molecule has 175 valence electrons. The number of rotatable bonds is 4. The van der Waals surface area contributed by atoms with Crippen molar-refractivity contribution in [1.82, 2.24) is 0 Å². The van der Waals surface area contributed by atoms with Gasteiger partial charge in [0.2, 0.25) is 0 Å². The first-order valence-electron chi connectivity index (χ1n) is 8.61. The average Bonchev–Trinajstić information content (AvgIpc) is 2.58. The minimum absolute atomic E-state index is 0. The minimum atomic E-state index is -1.67. The van der Waals surface area contributed by atoms with E-state index in [0.29, 0.717) is 0 Å². The van der Waals surface area contributed by atoms with E-state index in [2.05, 4.69) is 0 Å². The molecule has 7 radical (unpaired) electrons. The van der Waals surface area contributed by atoms with E-state index in [0.717, 1.165) is 0 Å². The Morgan fingerprint density at radius 2 is 1.06 bits per heavy atom. The molecule has 2 aliphatic heterocycles. The van der Waals surface area contributed by atoms with Gasteiger partial charge in [-0.3, -0.25) is 0 Å². The minimum Gasteiger partial charge on any atom is -0.394 e. The van der Waals surface area contributed by atoms with Crippen LogP contribution in [0.3, 0.4) is 0 Å². The number of ether oxygens (including phenoxy) is 3. The number of hydrogen-bond donors (Lipinski definition) is 7. The van der Waals surface area contributed by atoms with Gasteiger partial charge in [-0.05, 0) is 5.41 Å². The summed E-state index contributed by atoms with van der Waals surface area (Å²) >= 11 is 0. The van der Waals surface area contributed by atoms with E-state index in [1.807, 2.05) is 0 Å². The van der Waals surface area contributed by atoms with Crippen LogP contribution in [0, 0.1) is 314 Å². The maximum Gasteiger partial charge on any atom is 0.187 e. The molecule has 1 unspecified atom stereocenters. The summed E-state index contributed by atoms with van der Waals surface area (Å²) in [4.78, 5) is 0. The van der Waals surface area contributed by atoms with Crippen LogP contribution < -0.4 is 0 Å². The standard InChI is InChI=1S/C16H30O10.7Ac/c1-16(2,3)14-11(22)10(21)13(7(5-18)24-14)26-15-12(23)9(20)8(19)6(4-17)25-15;;;;;;;/h6-15,17-23H,4-5H2,1-3H3;;;;;;;/t6-,7-,8-,9+,10-,11-,12-,13-,14-,15?;;;;;;;/m1......./s1. The summed E-state index contributed by atoms with van der Waals surface area (Å²) in [6.07, 6.45) is -13.4. The summed E-state index contributed by atoms with van der Waals surface area (Å²) in [6, 6.07) is 0. The molecule has 0 bridgehead atoms. The van der Waals surface area contributed by atoms with Crippen molar-refractivity contribution in [3.63, 3.8) is 0 Å². The molecule has 0 aromatic heterocycles. The first-order valence-corrected chi connectivity index (χ1v) is 8.61. The summed E-state index contributed by atoms with van der Waals surface area (Å²) in [6.45, 7) is 4.26. The van der Waals surface area contributed by atoms with Crippen LogP contribution in [0.1, 0.15) is 20.8 Å². The van der Waals surface area contributed by atoms with Gasteiger partial charge in [0.25, 0.3) is 0 Å². The van der Waals surface area contributed by atoms with Gasteiger partial charge in [0, 0.05) is 308 Å². The number of aliphatic hydroxyl groups excluding tert-OH is 7. The van der Waals surface area contributed by atoms with Crippen LogP contribution >= 0.6 is 0 Å². The van der Waals surface area contributed by atoms with Crippen molar-refractivity contribution in [2.24, 2.45) is 5.41 Å². The normalized spacial score (nSPS) is 37.6. The molecule has 0 aliphatic carbocycles. The van der Waals surface area contributed by atoms with Crippen LogP contribution in [0.25, 0.3) is 0 Å². The first-order chi connectivity index (χ1) is 12.0. The fraction of sp³-hybridized carbons (Fsp3) is 1.00. The molecule has 0 saturated carbocycles. The zero-order valence-electron chi connectivity index (χ0n) is 19.1. The molecule has 2 saturated heterocycles. The van der Waals surface area contributed by atoms with Crippen molar-refractivity contribution in [2.75, 3.05) is 13.2 Å². The van der Waals surface area contributed by atoms with Crippen LogP contribution in [0.5, 0.6) is 0 Å². The van der Waals surface area contributed by atoms with E-state index in [1.54, 1.807) is 20.8 Å². The fourth-order valence-electron chi connectivity index (χ4n) is 3.31. The maximum absolute atomic E-state index is 10.5. The molecule has 33 heavy (non-hydrogen) atoms. The van der Waals surface area contributed by atoms with Gasteiger partial charge < -0.3 is 50.0 Å². The second-order valence-corrected chi connectivity index (χ2v) is 7.92. The number of hydrogen-bond acceptors (Lipinski definition) is 10. The van der Waals surface area contributed by atoms with E-state index in [9.17, 15) is 35.7 Å². The van der Waals surface area contributed by atoms with Crippen molar-refractivity contribution in [2.45, 2.75) is 82.0 Å². The Morgan fingerprint density at radius 1 is 0.606 bits per heavy atom. The Balaban J connectivity index is -0.000000260. The molecule has 2 aliphatic rings. The van der Waals surface area contributed by atoms with E-state index < -0.39 is 79.9 Å². The van der Waals surface area contributed by atoms with Crippen molar-refractivity contribution < 1.29 is 358 Å². The third-order valence-corrected chi connectivity index (χ3v) is 4.86. The van der Waals surface area contributed by atoms with Gasteiger partial charge in [-0.15, -0.1) is 0 Å². The zero-order valence-corrected chi connectivity index (χ0v) is 52.3. The predicted molar refractivity (Wildman–Crippen MR) is 85.9 cm³/mol. The molecule has 2 rings (SSSR count). The van der Waals surface area contributed by atoms with Gasteiger partial charge in [-0.1, -0.05) is 20.8 Å². The summed E-state index contributed by atoms with van der Waals surface area (Å²) in [5, 5.41) is 69.3. The topological polar surface area (TPSA) is 169 Å². The molecule has 0 spiro atoms. The van der Waals surface area contributed by atoms with Gasteiger partial charge in [0.15, 0.2) is 6.29 Å². The monoisotopic (exact) mass is 1970 g/mol. The predicted octanol–water partition coefficient (Wildman–Crippen LogP) is -3.30. The van der Waals surface area contributed by atoms with Crippen LogP contribution in [-0.4, -0.2) is 110 Å². The first kappa shape index (κ1) is 55.1. The molecule has 10 atom stereocenters. The molecule has 10 nitrogen and oxygen atoms in total. The van der Waals surface area contributed by atoms with Gasteiger partial charge >= 0.3 is 0 Å². The smallest absolute Gasteiger partial charge is 0.187 e. The van der Waals surface area contributed by atoms with Crippen molar-refractivity contribution in [3.8, 4) is 0 Å². The molecule has 0 aromatic rings. The number of aliphatic hydroxyl groups is 7. The SMILES string of the molecule is CC(C)(C)[C@@H]1O[C@H](CO)[C@@H](OC2O[C@H](CO)[C@@H](O)[C@H](O)[C@H]2O)[C@H](O)[C@H]1O.[Ac].[Ac].[Ac].[Ac].[Ac].[Ac].[Ac]. The van der Waals surface area contributed by atoms with Gasteiger partial charge in [0.1, 0.15) is 48.8 Å². The molecule has 2 fully saturated rings. The molecule has 0 amide bonds. The third kappa shape index (κ3) is 16.2. The summed E-state index contributed by atoms with van der Waals surface area (Å²) in [5.41, 5.74) is -0.526. The Kier molecular flexibility index (Phi) is 44.9. The third-order valence-electron chi connectivity index (χ3n) is 4.86.